The summed E-state index contributed by atoms with van der Waals surface area (Å²) < 4.78 is 26.7. The molecule has 18 heavy (non-hydrogen) atoms. The summed E-state index contributed by atoms with van der Waals surface area (Å²) in [4.78, 5) is 0.343. The number of nitrogens with one attached hydrogen (secondary N) is 2. The average molecular weight is 270 g/mol. The van der Waals surface area contributed by atoms with Crippen LogP contribution in [0.2, 0.25) is 0 Å². The zero-order chi connectivity index (χ0) is 13.6. The topological polar surface area (TPSA) is 58.2 Å². The lowest BCUT2D eigenvalue weighted by Crippen LogP contribution is -2.32. The molecule has 0 saturated heterocycles. The third kappa shape index (κ3) is 4.76. The van der Waals surface area contributed by atoms with Gasteiger partial charge in [-0.25, -0.2) is 13.1 Å². The van der Waals surface area contributed by atoms with Crippen molar-refractivity contribution in [3.63, 3.8) is 0 Å². The maximum atomic E-state index is 12.0. The molecule has 0 spiro atoms. The van der Waals surface area contributed by atoms with Crippen LogP contribution in [0.15, 0.2) is 23.1 Å². The molecule has 0 unspecified atom stereocenters. The highest BCUT2D eigenvalue weighted by molar-refractivity contribution is 7.89. The number of benzene rings is 1. The molecule has 1 rings (SSSR count). The highest BCUT2D eigenvalue weighted by Crippen LogP contribution is 2.13. The Balaban J connectivity index is 2.63. The van der Waals surface area contributed by atoms with Gasteiger partial charge in [-0.2, -0.15) is 0 Å². The molecule has 0 aliphatic rings. The quantitative estimate of drug-likeness (QED) is 0.740. The zero-order valence-electron chi connectivity index (χ0n) is 11.3. The molecule has 0 atom stereocenters. The van der Waals surface area contributed by atoms with Gasteiger partial charge in [0.15, 0.2) is 0 Å². The van der Waals surface area contributed by atoms with Crippen molar-refractivity contribution in [3.8, 4) is 0 Å². The van der Waals surface area contributed by atoms with E-state index in [-0.39, 0.29) is 0 Å². The smallest absolute Gasteiger partial charge is 0.240 e. The van der Waals surface area contributed by atoms with Crippen LogP contribution in [0.1, 0.15) is 24.5 Å². The normalized spacial score (nSPS) is 11.7. The third-order valence-electron chi connectivity index (χ3n) is 2.53. The van der Waals surface area contributed by atoms with Crippen molar-refractivity contribution in [3.05, 3.63) is 29.3 Å². The number of aryl methyl sites for hydroxylation is 2. The molecule has 0 fully saturated rings. The van der Waals surface area contributed by atoms with Gasteiger partial charge in [-0.1, -0.05) is 13.0 Å². The molecule has 0 radical (unpaired) electrons. The first-order valence-corrected chi connectivity index (χ1v) is 7.72. The monoisotopic (exact) mass is 270 g/mol. The van der Waals surface area contributed by atoms with Gasteiger partial charge in [-0.3, -0.25) is 0 Å². The van der Waals surface area contributed by atoms with E-state index in [9.17, 15) is 8.42 Å². The lowest BCUT2D eigenvalue weighted by molar-refractivity contribution is 0.575. The molecule has 1 aromatic rings. The van der Waals surface area contributed by atoms with Crippen molar-refractivity contribution in [2.45, 2.75) is 32.1 Å². The summed E-state index contributed by atoms with van der Waals surface area (Å²) in [6.45, 7) is 7.84. The van der Waals surface area contributed by atoms with E-state index < -0.39 is 10.0 Å². The molecular weight excluding hydrogens is 248 g/mol. The van der Waals surface area contributed by atoms with Gasteiger partial charge < -0.3 is 5.32 Å². The van der Waals surface area contributed by atoms with Crippen LogP contribution in [0.4, 0.5) is 0 Å². The van der Waals surface area contributed by atoms with Crippen LogP contribution in [0.25, 0.3) is 0 Å². The van der Waals surface area contributed by atoms with E-state index >= 15 is 0 Å². The molecule has 0 saturated carbocycles. The molecule has 0 aromatic heterocycles. The van der Waals surface area contributed by atoms with Crippen LogP contribution in [0, 0.1) is 13.8 Å². The van der Waals surface area contributed by atoms with Crippen molar-refractivity contribution in [1.29, 1.82) is 0 Å². The lowest BCUT2D eigenvalue weighted by Gasteiger charge is -2.09. The molecule has 102 valence electrons. The minimum absolute atomic E-state index is 0.343. The largest absolute Gasteiger partial charge is 0.315 e. The van der Waals surface area contributed by atoms with Crippen LogP contribution in [0.5, 0.6) is 0 Å². The van der Waals surface area contributed by atoms with E-state index in [0.717, 1.165) is 24.1 Å². The second-order valence-electron chi connectivity index (χ2n) is 4.47. The molecule has 4 nitrogen and oxygen atoms in total. The highest BCUT2D eigenvalue weighted by Gasteiger charge is 2.13. The summed E-state index contributed by atoms with van der Waals surface area (Å²) in [5.41, 5.74) is 1.92. The summed E-state index contributed by atoms with van der Waals surface area (Å²) in [6, 6.07) is 5.34. The Labute approximate surface area is 110 Å². The SMILES string of the molecule is CCCNCCNS(=O)(=O)c1cc(C)cc(C)c1. The summed E-state index contributed by atoms with van der Waals surface area (Å²) in [5.74, 6) is 0. The predicted octanol–water partition coefficient (Wildman–Crippen LogP) is 1.58. The Morgan fingerprint density at radius 1 is 1.00 bits per heavy atom. The van der Waals surface area contributed by atoms with E-state index in [1.165, 1.54) is 0 Å². The third-order valence-corrected chi connectivity index (χ3v) is 3.97. The van der Waals surface area contributed by atoms with Gasteiger partial charge >= 0.3 is 0 Å². The van der Waals surface area contributed by atoms with Crippen LogP contribution in [-0.2, 0) is 10.0 Å². The van der Waals surface area contributed by atoms with Crippen molar-refractivity contribution in [2.24, 2.45) is 0 Å². The minimum atomic E-state index is -3.38. The Bertz CT molecular complexity index is 464. The fourth-order valence-electron chi connectivity index (χ4n) is 1.75. The molecule has 0 aliphatic carbocycles. The van der Waals surface area contributed by atoms with Crippen molar-refractivity contribution < 1.29 is 8.42 Å². The van der Waals surface area contributed by atoms with Crippen molar-refractivity contribution >= 4 is 10.0 Å². The Kier molecular flexibility index (Phi) is 5.78. The standard InChI is InChI=1S/C13H22N2O2S/c1-4-5-14-6-7-15-18(16,17)13-9-11(2)8-12(3)10-13/h8-10,14-15H,4-7H2,1-3H3. The van der Waals surface area contributed by atoms with E-state index in [4.69, 9.17) is 0 Å². The Hall–Kier alpha value is -0.910. The van der Waals surface area contributed by atoms with E-state index in [1.54, 1.807) is 12.1 Å². The molecule has 0 amide bonds. The number of rotatable bonds is 7. The maximum absolute atomic E-state index is 12.0. The van der Waals surface area contributed by atoms with Crippen LogP contribution in [0.3, 0.4) is 0 Å². The second kappa shape index (κ2) is 6.87. The summed E-state index contributed by atoms with van der Waals surface area (Å²) in [7, 11) is -3.38. The second-order valence-corrected chi connectivity index (χ2v) is 6.24. The molecule has 0 heterocycles. The van der Waals surface area contributed by atoms with E-state index in [1.807, 2.05) is 19.9 Å². The summed E-state index contributed by atoms with van der Waals surface area (Å²) in [5, 5.41) is 3.15. The van der Waals surface area contributed by atoms with Gasteiger partial charge in [0.05, 0.1) is 4.90 Å². The number of hydrogen-bond donors (Lipinski definition) is 2. The first kappa shape index (κ1) is 15.1. The van der Waals surface area contributed by atoms with Gasteiger partial charge in [-0.05, 0) is 50.1 Å². The van der Waals surface area contributed by atoms with Gasteiger partial charge in [0.1, 0.15) is 0 Å². The van der Waals surface area contributed by atoms with Gasteiger partial charge in [0.2, 0.25) is 10.0 Å². The van der Waals surface area contributed by atoms with Gasteiger partial charge in [0, 0.05) is 13.1 Å². The Morgan fingerprint density at radius 3 is 2.17 bits per heavy atom. The molecule has 1 aromatic carbocycles. The summed E-state index contributed by atoms with van der Waals surface area (Å²) in [6.07, 6.45) is 1.05. The van der Waals surface area contributed by atoms with Gasteiger partial charge in [0.25, 0.3) is 0 Å². The molecule has 2 N–H and O–H groups in total. The number of hydrogen-bond acceptors (Lipinski definition) is 3. The first-order valence-electron chi connectivity index (χ1n) is 6.24. The molecule has 5 heteroatoms. The minimum Gasteiger partial charge on any atom is -0.315 e. The lowest BCUT2D eigenvalue weighted by atomic mass is 10.2. The van der Waals surface area contributed by atoms with E-state index in [0.29, 0.717) is 18.0 Å². The zero-order valence-corrected chi connectivity index (χ0v) is 12.1. The van der Waals surface area contributed by atoms with Crippen LogP contribution < -0.4 is 10.0 Å². The maximum Gasteiger partial charge on any atom is 0.240 e. The van der Waals surface area contributed by atoms with Crippen LogP contribution >= 0.6 is 0 Å². The first-order chi connectivity index (χ1) is 8.45. The molecule has 0 bridgehead atoms. The van der Waals surface area contributed by atoms with E-state index in [2.05, 4.69) is 17.0 Å². The number of sulfonamides is 1. The van der Waals surface area contributed by atoms with Crippen LogP contribution in [-0.4, -0.2) is 28.1 Å². The average Bonchev–Trinajstić information content (AvgIpc) is 2.27. The highest BCUT2D eigenvalue weighted by atomic mass is 32.2. The Morgan fingerprint density at radius 2 is 1.61 bits per heavy atom. The summed E-state index contributed by atoms with van der Waals surface area (Å²) >= 11 is 0. The van der Waals surface area contributed by atoms with Crippen molar-refractivity contribution in [1.82, 2.24) is 10.0 Å². The van der Waals surface area contributed by atoms with Crippen molar-refractivity contribution in [2.75, 3.05) is 19.6 Å². The van der Waals surface area contributed by atoms with Gasteiger partial charge in [-0.15, -0.1) is 0 Å². The molecule has 0 aliphatic heterocycles. The fourth-order valence-corrected chi connectivity index (χ4v) is 2.97. The molecular formula is C13H22N2O2S. The predicted molar refractivity (Wildman–Crippen MR) is 74.3 cm³/mol. The fraction of sp³-hybridized carbons (Fsp3) is 0.538.